The Balaban J connectivity index is 1.51. The molecule has 4 aromatic rings. The van der Waals surface area contributed by atoms with E-state index < -0.39 is 0 Å². The van der Waals surface area contributed by atoms with Gasteiger partial charge >= 0.3 is 0 Å². The van der Waals surface area contributed by atoms with E-state index in [1.807, 2.05) is 50.5 Å². The van der Waals surface area contributed by atoms with Gasteiger partial charge in [0.1, 0.15) is 11.5 Å². The van der Waals surface area contributed by atoms with Crippen molar-refractivity contribution in [3.8, 4) is 22.8 Å². The second kappa shape index (κ2) is 8.57. The first-order valence-electron chi connectivity index (χ1n) is 9.50. The molecule has 0 atom stereocenters. The number of rotatable bonds is 6. The average molecular weight is 399 g/mol. The summed E-state index contributed by atoms with van der Waals surface area (Å²) < 4.78 is 7.80. The van der Waals surface area contributed by atoms with Crippen molar-refractivity contribution in [1.29, 1.82) is 0 Å². The zero-order valence-electron chi connectivity index (χ0n) is 16.7. The Labute approximate surface area is 174 Å². The summed E-state index contributed by atoms with van der Waals surface area (Å²) in [6.07, 6.45) is 8.78. The lowest BCUT2D eigenvalue weighted by Crippen LogP contribution is -2.23. The van der Waals surface area contributed by atoms with E-state index in [0.717, 1.165) is 22.4 Å². The molecule has 4 rings (SSSR count). The minimum absolute atomic E-state index is 0.160. The number of aromatic nitrogens is 4. The third kappa shape index (κ3) is 4.35. The van der Waals surface area contributed by atoms with Crippen LogP contribution in [-0.2, 0) is 13.6 Å². The Morgan fingerprint density at radius 1 is 1.13 bits per heavy atom. The highest BCUT2D eigenvalue weighted by atomic mass is 16.5. The van der Waals surface area contributed by atoms with Crippen LogP contribution in [0.25, 0.3) is 11.3 Å². The fourth-order valence-corrected chi connectivity index (χ4v) is 3.06. The molecule has 3 aromatic heterocycles. The second-order valence-electron chi connectivity index (χ2n) is 6.85. The number of pyridine rings is 2. The van der Waals surface area contributed by atoms with E-state index in [1.165, 1.54) is 0 Å². The quantitative estimate of drug-likeness (QED) is 0.532. The minimum Gasteiger partial charge on any atom is -0.457 e. The summed E-state index contributed by atoms with van der Waals surface area (Å²) in [5.41, 5.74) is 3.95. The van der Waals surface area contributed by atoms with Crippen LogP contribution in [-0.4, -0.2) is 25.7 Å². The SMILES string of the molecule is Cc1c(Oc2ccnc(-c3cnn(C)c3)c2)cccc1C(=O)NCc1cccnc1. The normalized spacial score (nSPS) is 10.6. The van der Waals surface area contributed by atoms with Crippen molar-refractivity contribution >= 4 is 5.91 Å². The maximum Gasteiger partial charge on any atom is 0.251 e. The first kappa shape index (κ1) is 19.3. The largest absolute Gasteiger partial charge is 0.457 e. The Morgan fingerprint density at radius 3 is 2.80 bits per heavy atom. The maximum absolute atomic E-state index is 12.7. The van der Waals surface area contributed by atoms with Crippen molar-refractivity contribution in [3.63, 3.8) is 0 Å². The van der Waals surface area contributed by atoms with Crippen molar-refractivity contribution in [1.82, 2.24) is 25.1 Å². The number of benzene rings is 1. The van der Waals surface area contributed by atoms with Crippen molar-refractivity contribution in [2.45, 2.75) is 13.5 Å². The molecular formula is C23H21N5O2. The average Bonchev–Trinajstić information content (AvgIpc) is 3.21. The van der Waals surface area contributed by atoms with Crippen LogP contribution in [0.3, 0.4) is 0 Å². The Morgan fingerprint density at radius 2 is 2.03 bits per heavy atom. The molecule has 1 amide bonds. The smallest absolute Gasteiger partial charge is 0.251 e. The third-order valence-electron chi connectivity index (χ3n) is 4.66. The fourth-order valence-electron chi connectivity index (χ4n) is 3.06. The molecular weight excluding hydrogens is 378 g/mol. The molecule has 0 spiro atoms. The first-order valence-corrected chi connectivity index (χ1v) is 9.50. The van der Waals surface area contributed by atoms with Gasteiger partial charge in [0.25, 0.3) is 5.91 Å². The van der Waals surface area contributed by atoms with E-state index in [2.05, 4.69) is 20.4 Å². The topological polar surface area (TPSA) is 81.9 Å². The summed E-state index contributed by atoms with van der Waals surface area (Å²) in [5.74, 6) is 1.10. The zero-order valence-corrected chi connectivity index (χ0v) is 16.7. The van der Waals surface area contributed by atoms with Gasteiger partial charge in [-0.3, -0.25) is 19.4 Å². The zero-order chi connectivity index (χ0) is 20.9. The van der Waals surface area contributed by atoms with Crippen LogP contribution in [0.4, 0.5) is 0 Å². The third-order valence-corrected chi connectivity index (χ3v) is 4.66. The van der Waals surface area contributed by atoms with Crippen LogP contribution >= 0.6 is 0 Å². The molecule has 0 aliphatic heterocycles. The molecule has 7 nitrogen and oxygen atoms in total. The number of carbonyl (C=O) groups excluding carboxylic acids is 1. The molecule has 1 aromatic carbocycles. The first-order chi connectivity index (χ1) is 14.6. The molecule has 7 heteroatoms. The highest BCUT2D eigenvalue weighted by Crippen LogP contribution is 2.29. The molecule has 0 radical (unpaired) electrons. The van der Waals surface area contributed by atoms with E-state index in [9.17, 15) is 4.79 Å². The van der Waals surface area contributed by atoms with Crippen molar-refractivity contribution in [2.24, 2.45) is 7.05 Å². The Bertz CT molecular complexity index is 1170. The molecule has 0 aliphatic rings. The van der Waals surface area contributed by atoms with E-state index in [-0.39, 0.29) is 5.91 Å². The number of hydrogen-bond acceptors (Lipinski definition) is 5. The van der Waals surface area contributed by atoms with Gasteiger partial charge in [-0.2, -0.15) is 5.10 Å². The molecule has 0 unspecified atom stereocenters. The predicted octanol–water partition coefficient (Wildman–Crippen LogP) is 3.91. The summed E-state index contributed by atoms with van der Waals surface area (Å²) in [5, 5.41) is 7.10. The van der Waals surface area contributed by atoms with Crippen LogP contribution < -0.4 is 10.1 Å². The van der Waals surface area contributed by atoms with Crippen molar-refractivity contribution in [3.05, 3.63) is 90.1 Å². The van der Waals surface area contributed by atoms with Gasteiger partial charge < -0.3 is 10.1 Å². The van der Waals surface area contributed by atoms with Gasteiger partial charge in [-0.25, -0.2) is 0 Å². The van der Waals surface area contributed by atoms with E-state index in [4.69, 9.17) is 4.74 Å². The molecule has 0 aliphatic carbocycles. The standard InChI is InChI=1S/C23H21N5O2/c1-16-20(23(29)26-13-17-5-4-9-24-12-17)6-3-7-22(16)30-19-8-10-25-21(11-19)18-14-27-28(2)15-18/h3-12,14-15H,13H2,1-2H3,(H,26,29). The lowest BCUT2D eigenvalue weighted by Gasteiger charge is -2.13. The van der Waals surface area contributed by atoms with Crippen LogP contribution in [0.15, 0.2) is 73.4 Å². The highest BCUT2D eigenvalue weighted by Gasteiger charge is 2.13. The van der Waals surface area contributed by atoms with Gasteiger partial charge in [-0.05, 0) is 36.8 Å². The lowest BCUT2D eigenvalue weighted by atomic mass is 10.1. The van der Waals surface area contributed by atoms with Gasteiger partial charge in [0.2, 0.25) is 0 Å². The number of nitrogens with one attached hydrogen (secondary N) is 1. The van der Waals surface area contributed by atoms with Gasteiger partial charge in [0.05, 0.1) is 11.9 Å². The number of aryl methyl sites for hydroxylation is 1. The summed E-state index contributed by atoms with van der Waals surface area (Å²) in [6, 6.07) is 12.8. The van der Waals surface area contributed by atoms with Crippen LogP contribution in [0, 0.1) is 6.92 Å². The number of hydrogen-bond donors (Lipinski definition) is 1. The van der Waals surface area contributed by atoms with Gasteiger partial charge in [-0.15, -0.1) is 0 Å². The van der Waals surface area contributed by atoms with E-state index in [1.54, 1.807) is 41.6 Å². The number of amides is 1. The minimum atomic E-state index is -0.160. The number of nitrogens with zero attached hydrogens (tertiary/aromatic N) is 4. The van der Waals surface area contributed by atoms with Crippen LogP contribution in [0.2, 0.25) is 0 Å². The summed E-state index contributed by atoms with van der Waals surface area (Å²) >= 11 is 0. The highest BCUT2D eigenvalue weighted by molar-refractivity contribution is 5.96. The summed E-state index contributed by atoms with van der Waals surface area (Å²) in [7, 11) is 1.86. The molecule has 0 bridgehead atoms. The molecule has 30 heavy (non-hydrogen) atoms. The van der Waals surface area contributed by atoms with Gasteiger partial charge in [0, 0.05) is 61.1 Å². The Kier molecular flexibility index (Phi) is 5.52. The number of carbonyl (C=O) groups is 1. The predicted molar refractivity (Wildman–Crippen MR) is 113 cm³/mol. The monoisotopic (exact) mass is 399 g/mol. The van der Waals surface area contributed by atoms with E-state index in [0.29, 0.717) is 23.6 Å². The molecule has 0 saturated carbocycles. The second-order valence-corrected chi connectivity index (χ2v) is 6.85. The van der Waals surface area contributed by atoms with Crippen molar-refractivity contribution in [2.75, 3.05) is 0 Å². The van der Waals surface area contributed by atoms with Gasteiger partial charge in [-0.1, -0.05) is 12.1 Å². The summed E-state index contributed by atoms with van der Waals surface area (Å²) in [4.78, 5) is 21.1. The molecule has 1 N–H and O–H groups in total. The van der Waals surface area contributed by atoms with Crippen LogP contribution in [0.5, 0.6) is 11.5 Å². The van der Waals surface area contributed by atoms with Crippen molar-refractivity contribution < 1.29 is 9.53 Å². The fraction of sp³-hybridized carbons (Fsp3) is 0.130. The summed E-state index contributed by atoms with van der Waals surface area (Å²) in [6.45, 7) is 2.29. The van der Waals surface area contributed by atoms with E-state index >= 15 is 0 Å². The lowest BCUT2D eigenvalue weighted by molar-refractivity contribution is 0.0950. The Hall–Kier alpha value is -4.00. The number of ether oxygens (including phenoxy) is 1. The van der Waals surface area contributed by atoms with Crippen LogP contribution in [0.1, 0.15) is 21.5 Å². The van der Waals surface area contributed by atoms with Gasteiger partial charge in [0.15, 0.2) is 0 Å². The molecule has 3 heterocycles. The molecule has 150 valence electrons. The molecule has 0 saturated heterocycles. The maximum atomic E-state index is 12.7. The molecule has 0 fully saturated rings.